The molecule has 3 aromatic rings. The molecule has 3 aromatic carbocycles. The maximum absolute atomic E-state index is 12.7. The minimum atomic E-state index is -1.04. The molecule has 0 unspecified atom stereocenters. The van der Waals surface area contributed by atoms with E-state index in [1.54, 1.807) is 43.5 Å². The molecule has 6 heteroatoms. The SMILES string of the molecule is COc1ccc(C(=O)Nc2cc(C(=O)O)cc(-c3ccc(C4CCNCC4)cc3)c2)cc1. The first-order valence-electron chi connectivity index (χ1n) is 10.7. The van der Waals surface area contributed by atoms with Crippen molar-refractivity contribution in [2.45, 2.75) is 18.8 Å². The van der Waals surface area contributed by atoms with Crippen molar-refractivity contribution < 1.29 is 19.4 Å². The smallest absolute Gasteiger partial charge is 0.335 e. The molecule has 6 nitrogen and oxygen atoms in total. The molecule has 0 aliphatic carbocycles. The number of nitrogens with one attached hydrogen (secondary N) is 2. The van der Waals surface area contributed by atoms with Gasteiger partial charge in [0, 0.05) is 11.3 Å². The Balaban J connectivity index is 1.58. The lowest BCUT2D eigenvalue weighted by Crippen LogP contribution is -2.26. The van der Waals surface area contributed by atoms with Gasteiger partial charge >= 0.3 is 5.97 Å². The highest BCUT2D eigenvalue weighted by molar-refractivity contribution is 6.05. The van der Waals surface area contributed by atoms with Crippen LogP contribution in [0, 0.1) is 0 Å². The predicted molar refractivity (Wildman–Crippen MR) is 125 cm³/mol. The molecule has 1 aliphatic heterocycles. The van der Waals surface area contributed by atoms with E-state index in [0.717, 1.165) is 37.1 Å². The molecule has 3 N–H and O–H groups in total. The first-order chi connectivity index (χ1) is 15.5. The van der Waals surface area contributed by atoms with Crippen molar-refractivity contribution in [3.63, 3.8) is 0 Å². The van der Waals surface area contributed by atoms with Gasteiger partial charge in [0.05, 0.1) is 12.7 Å². The average molecular weight is 431 g/mol. The number of anilines is 1. The summed E-state index contributed by atoms with van der Waals surface area (Å²) in [6.45, 7) is 2.06. The fraction of sp³-hybridized carbons (Fsp3) is 0.231. The maximum atomic E-state index is 12.7. The number of hydrogen-bond acceptors (Lipinski definition) is 4. The Morgan fingerprint density at radius 3 is 2.22 bits per heavy atom. The van der Waals surface area contributed by atoms with Crippen molar-refractivity contribution in [1.29, 1.82) is 0 Å². The molecular weight excluding hydrogens is 404 g/mol. The van der Waals surface area contributed by atoms with Crippen molar-refractivity contribution in [2.75, 3.05) is 25.5 Å². The summed E-state index contributed by atoms with van der Waals surface area (Å²) in [6, 6.07) is 19.9. The van der Waals surface area contributed by atoms with Crippen LogP contribution in [-0.4, -0.2) is 37.2 Å². The highest BCUT2D eigenvalue weighted by atomic mass is 16.5. The Kier molecular flexibility index (Phi) is 6.52. The van der Waals surface area contributed by atoms with Crippen LogP contribution in [0.1, 0.15) is 45.0 Å². The molecule has 1 fully saturated rings. The molecule has 4 rings (SSSR count). The number of hydrogen-bond donors (Lipinski definition) is 3. The third-order valence-corrected chi connectivity index (χ3v) is 5.84. The minimum Gasteiger partial charge on any atom is -0.497 e. The van der Waals surface area contributed by atoms with Gasteiger partial charge < -0.3 is 20.5 Å². The number of ether oxygens (including phenoxy) is 1. The van der Waals surface area contributed by atoms with Gasteiger partial charge in [-0.15, -0.1) is 0 Å². The standard InChI is InChI=1S/C26H26N2O4/c1-32-24-8-6-20(7-9-24)25(29)28-23-15-21(14-22(16-23)26(30)31)18-4-2-17(3-5-18)19-10-12-27-13-11-19/h2-9,14-16,19,27H,10-13H2,1H3,(H,28,29)(H,30,31). The van der Waals surface area contributed by atoms with E-state index >= 15 is 0 Å². The largest absolute Gasteiger partial charge is 0.497 e. The molecule has 0 radical (unpaired) electrons. The van der Waals surface area contributed by atoms with Gasteiger partial charge in [0.25, 0.3) is 5.91 Å². The Bertz CT molecular complexity index is 1100. The van der Waals surface area contributed by atoms with Gasteiger partial charge in [0.2, 0.25) is 0 Å². The fourth-order valence-electron chi connectivity index (χ4n) is 4.04. The molecule has 0 atom stereocenters. The molecule has 1 aliphatic rings. The van der Waals surface area contributed by atoms with Crippen LogP contribution >= 0.6 is 0 Å². The van der Waals surface area contributed by atoms with Gasteiger partial charge in [0.1, 0.15) is 5.75 Å². The van der Waals surface area contributed by atoms with Crippen LogP contribution < -0.4 is 15.4 Å². The first-order valence-corrected chi connectivity index (χ1v) is 10.7. The van der Waals surface area contributed by atoms with Gasteiger partial charge in [-0.25, -0.2) is 4.79 Å². The van der Waals surface area contributed by atoms with E-state index in [9.17, 15) is 14.7 Å². The second-order valence-electron chi connectivity index (χ2n) is 7.93. The van der Waals surface area contributed by atoms with Crippen LogP contribution in [0.15, 0.2) is 66.7 Å². The van der Waals surface area contributed by atoms with Crippen LogP contribution in [0.25, 0.3) is 11.1 Å². The number of piperidine rings is 1. The normalized spacial score (nSPS) is 14.0. The Morgan fingerprint density at radius 1 is 0.906 bits per heavy atom. The molecule has 0 saturated carbocycles. The summed E-state index contributed by atoms with van der Waals surface area (Å²) in [6.07, 6.45) is 2.24. The fourth-order valence-corrected chi connectivity index (χ4v) is 4.04. The van der Waals surface area contributed by atoms with Gasteiger partial charge in [0.15, 0.2) is 0 Å². The highest BCUT2D eigenvalue weighted by Crippen LogP contribution is 2.30. The third kappa shape index (κ3) is 4.98. The Morgan fingerprint density at radius 2 is 1.59 bits per heavy atom. The van der Waals surface area contributed by atoms with E-state index in [0.29, 0.717) is 22.9 Å². The van der Waals surface area contributed by atoms with E-state index in [2.05, 4.69) is 22.8 Å². The van der Waals surface area contributed by atoms with E-state index < -0.39 is 5.97 Å². The van der Waals surface area contributed by atoms with E-state index in [-0.39, 0.29) is 11.5 Å². The maximum Gasteiger partial charge on any atom is 0.335 e. The van der Waals surface area contributed by atoms with E-state index in [1.807, 2.05) is 12.1 Å². The molecule has 1 amide bonds. The molecule has 1 saturated heterocycles. The zero-order valence-electron chi connectivity index (χ0n) is 17.9. The minimum absolute atomic E-state index is 0.120. The monoisotopic (exact) mass is 430 g/mol. The topological polar surface area (TPSA) is 87.7 Å². The predicted octanol–water partition coefficient (Wildman–Crippen LogP) is 4.78. The summed E-state index contributed by atoms with van der Waals surface area (Å²) in [7, 11) is 1.56. The molecule has 1 heterocycles. The van der Waals surface area contributed by atoms with Crippen molar-refractivity contribution in [3.05, 3.63) is 83.4 Å². The summed E-state index contributed by atoms with van der Waals surface area (Å²) < 4.78 is 5.12. The first kappa shape index (κ1) is 21.6. The van der Waals surface area contributed by atoms with Crippen molar-refractivity contribution in [2.24, 2.45) is 0 Å². The second kappa shape index (κ2) is 9.66. The number of carboxylic acid groups (broad SMARTS) is 1. The number of benzene rings is 3. The van der Waals surface area contributed by atoms with Gasteiger partial charge in [-0.05, 0) is 91.0 Å². The second-order valence-corrected chi connectivity index (χ2v) is 7.93. The molecule has 0 spiro atoms. The van der Waals surface area contributed by atoms with Crippen molar-refractivity contribution in [3.8, 4) is 16.9 Å². The molecule has 164 valence electrons. The zero-order valence-corrected chi connectivity index (χ0v) is 17.9. The van der Waals surface area contributed by atoms with E-state index in [1.165, 1.54) is 11.6 Å². The molecular formula is C26H26N2O4. The number of rotatable bonds is 6. The average Bonchev–Trinajstić information content (AvgIpc) is 2.84. The third-order valence-electron chi connectivity index (χ3n) is 5.84. The van der Waals surface area contributed by atoms with Crippen LogP contribution in [0.3, 0.4) is 0 Å². The molecule has 0 aromatic heterocycles. The number of carbonyl (C=O) groups excluding carboxylic acids is 1. The summed E-state index contributed by atoms with van der Waals surface area (Å²) in [5, 5.41) is 15.8. The van der Waals surface area contributed by atoms with Gasteiger partial charge in [-0.1, -0.05) is 24.3 Å². The lowest BCUT2D eigenvalue weighted by molar-refractivity contribution is 0.0696. The summed E-state index contributed by atoms with van der Waals surface area (Å²) in [5.41, 5.74) is 3.97. The highest BCUT2D eigenvalue weighted by Gasteiger charge is 2.16. The zero-order chi connectivity index (χ0) is 22.5. The summed E-state index contributed by atoms with van der Waals surface area (Å²) >= 11 is 0. The van der Waals surface area contributed by atoms with Crippen LogP contribution in [-0.2, 0) is 0 Å². The molecule has 32 heavy (non-hydrogen) atoms. The number of carboxylic acids is 1. The van der Waals surface area contributed by atoms with Crippen LogP contribution in [0.4, 0.5) is 5.69 Å². The Hall–Kier alpha value is -3.64. The summed E-state index contributed by atoms with van der Waals surface area (Å²) in [4.78, 5) is 24.3. The van der Waals surface area contributed by atoms with Crippen molar-refractivity contribution >= 4 is 17.6 Å². The number of methoxy groups -OCH3 is 1. The van der Waals surface area contributed by atoms with E-state index in [4.69, 9.17) is 4.74 Å². The van der Waals surface area contributed by atoms with Crippen LogP contribution in [0.5, 0.6) is 5.75 Å². The van der Waals surface area contributed by atoms with Crippen LogP contribution in [0.2, 0.25) is 0 Å². The number of aromatic carboxylic acids is 1. The quantitative estimate of drug-likeness (QED) is 0.524. The Labute approximate surface area is 187 Å². The summed E-state index contributed by atoms with van der Waals surface area (Å²) in [5.74, 6) is -0.153. The number of amides is 1. The van der Waals surface area contributed by atoms with Gasteiger partial charge in [-0.3, -0.25) is 4.79 Å². The number of carbonyl (C=O) groups is 2. The lowest BCUT2D eigenvalue weighted by Gasteiger charge is -2.23. The van der Waals surface area contributed by atoms with Crippen molar-refractivity contribution in [1.82, 2.24) is 5.32 Å². The lowest BCUT2D eigenvalue weighted by atomic mass is 9.89. The van der Waals surface area contributed by atoms with Gasteiger partial charge in [-0.2, -0.15) is 0 Å². The molecule has 0 bridgehead atoms.